The zero-order valence-electron chi connectivity index (χ0n) is 13.1. The largest absolute Gasteiger partial charge is 0.379 e. The molecule has 2 aromatic heterocycles. The topological polar surface area (TPSA) is 77.0 Å². The number of hydrogen-bond acceptors (Lipinski definition) is 5. The molecule has 0 aromatic carbocycles. The Morgan fingerprint density at radius 2 is 2.00 bits per heavy atom. The lowest BCUT2D eigenvalue weighted by Gasteiger charge is -2.19. The summed E-state index contributed by atoms with van der Waals surface area (Å²) in [5, 5.41) is 3.04. The first-order valence-corrected chi connectivity index (χ1v) is 7.84. The molecule has 6 nitrogen and oxygen atoms in total. The van der Waals surface area contributed by atoms with Crippen LogP contribution in [0.25, 0.3) is 0 Å². The van der Waals surface area contributed by atoms with Crippen LogP contribution in [0.1, 0.15) is 28.7 Å². The van der Waals surface area contributed by atoms with Crippen LogP contribution in [0.2, 0.25) is 0 Å². The maximum atomic E-state index is 12.3. The van der Waals surface area contributed by atoms with Crippen LogP contribution in [0.5, 0.6) is 0 Å². The van der Waals surface area contributed by atoms with Crippen molar-refractivity contribution in [3.63, 3.8) is 0 Å². The molecular formula is C17H20N4O2. The van der Waals surface area contributed by atoms with E-state index >= 15 is 0 Å². The van der Waals surface area contributed by atoms with Gasteiger partial charge in [-0.05, 0) is 24.1 Å². The van der Waals surface area contributed by atoms with Crippen LogP contribution in [0, 0.1) is 5.92 Å². The second-order valence-electron chi connectivity index (χ2n) is 5.68. The monoisotopic (exact) mass is 312 g/mol. The SMILES string of the molecule is CCc1ncc(C(=O)NC2COCC2Cc2ccncc2)cn1. The Morgan fingerprint density at radius 3 is 2.70 bits per heavy atom. The van der Waals surface area contributed by atoms with E-state index in [9.17, 15) is 4.79 Å². The van der Waals surface area contributed by atoms with Gasteiger partial charge in [0.1, 0.15) is 5.82 Å². The molecule has 6 heteroatoms. The summed E-state index contributed by atoms with van der Waals surface area (Å²) in [6, 6.07) is 3.99. The molecule has 1 saturated heterocycles. The minimum absolute atomic E-state index is 0.00140. The molecule has 0 radical (unpaired) electrons. The first-order valence-electron chi connectivity index (χ1n) is 7.84. The third kappa shape index (κ3) is 3.90. The van der Waals surface area contributed by atoms with E-state index in [0.29, 0.717) is 18.8 Å². The minimum atomic E-state index is -0.150. The van der Waals surface area contributed by atoms with Crippen molar-refractivity contribution in [2.24, 2.45) is 5.92 Å². The number of aromatic nitrogens is 3. The Bertz CT molecular complexity index is 645. The smallest absolute Gasteiger partial charge is 0.254 e. The second-order valence-corrected chi connectivity index (χ2v) is 5.68. The summed E-state index contributed by atoms with van der Waals surface area (Å²) in [6.45, 7) is 3.17. The molecule has 1 N–H and O–H groups in total. The lowest BCUT2D eigenvalue weighted by Crippen LogP contribution is -2.40. The maximum Gasteiger partial charge on any atom is 0.254 e. The second kappa shape index (κ2) is 7.28. The van der Waals surface area contributed by atoms with Crippen molar-refractivity contribution in [1.82, 2.24) is 20.3 Å². The van der Waals surface area contributed by atoms with Crippen molar-refractivity contribution in [1.29, 1.82) is 0 Å². The number of carbonyl (C=O) groups excluding carboxylic acids is 1. The van der Waals surface area contributed by atoms with E-state index in [1.54, 1.807) is 24.8 Å². The molecule has 1 fully saturated rings. The van der Waals surface area contributed by atoms with E-state index in [1.165, 1.54) is 5.56 Å². The van der Waals surface area contributed by atoms with Crippen molar-refractivity contribution in [3.05, 3.63) is 53.9 Å². The summed E-state index contributed by atoms with van der Waals surface area (Å²) in [5.74, 6) is 0.848. The normalized spacial score (nSPS) is 20.4. The molecule has 3 rings (SSSR count). The fourth-order valence-electron chi connectivity index (χ4n) is 2.69. The molecule has 120 valence electrons. The third-order valence-electron chi connectivity index (χ3n) is 4.05. The number of nitrogens with one attached hydrogen (secondary N) is 1. The number of rotatable bonds is 5. The van der Waals surface area contributed by atoms with Crippen molar-refractivity contribution in [2.75, 3.05) is 13.2 Å². The number of hydrogen-bond donors (Lipinski definition) is 1. The van der Waals surface area contributed by atoms with Crippen LogP contribution in [0.3, 0.4) is 0 Å². The predicted molar refractivity (Wildman–Crippen MR) is 84.9 cm³/mol. The molecular weight excluding hydrogens is 292 g/mol. The molecule has 1 aliphatic heterocycles. The first kappa shape index (κ1) is 15.6. The van der Waals surface area contributed by atoms with Crippen LogP contribution < -0.4 is 5.32 Å². The summed E-state index contributed by atoms with van der Waals surface area (Å²) in [6.07, 6.45) is 8.34. The van der Waals surface area contributed by atoms with Crippen LogP contribution in [0.15, 0.2) is 36.9 Å². The Kier molecular flexibility index (Phi) is 4.92. The predicted octanol–water partition coefficient (Wildman–Crippen LogP) is 1.42. The minimum Gasteiger partial charge on any atom is -0.379 e. The highest BCUT2D eigenvalue weighted by Gasteiger charge is 2.30. The lowest BCUT2D eigenvalue weighted by atomic mass is 9.95. The van der Waals surface area contributed by atoms with E-state index in [2.05, 4.69) is 20.3 Å². The van der Waals surface area contributed by atoms with Crippen molar-refractivity contribution in [2.45, 2.75) is 25.8 Å². The van der Waals surface area contributed by atoms with Crippen LogP contribution in [-0.2, 0) is 17.6 Å². The molecule has 2 atom stereocenters. The van der Waals surface area contributed by atoms with E-state index in [0.717, 1.165) is 18.7 Å². The van der Waals surface area contributed by atoms with Gasteiger partial charge >= 0.3 is 0 Å². The summed E-state index contributed by atoms with van der Waals surface area (Å²) < 4.78 is 5.55. The average molecular weight is 312 g/mol. The summed E-state index contributed by atoms with van der Waals surface area (Å²) in [5.41, 5.74) is 1.68. The highest BCUT2D eigenvalue weighted by atomic mass is 16.5. The number of nitrogens with zero attached hydrogens (tertiary/aromatic N) is 3. The molecule has 3 heterocycles. The van der Waals surface area contributed by atoms with E-state index < -0.39 is 0 Å². The zero-order valence-corrected chi connectivity index (χ0v) is 13.1. The van der Waals surface area contributed by atoms with Gasteiger partial charge in [0.05, 0.1) is 24.8 Å². The summed E-state index contributed by atoms with van der Waals surface area (Å²) >= 11 is 0. The molecule has 1 aliphatic rings. The molecule has 2 aromatic rings. The highest BCUT2D eigenvalue weighted by Crippen LogP contribution is 2.19. The van der Waals surface area contributed by atoms with Gasteiger partial charge in [0.25, 0.3) is 5.91 Å². The van der Waals surface area contributed by atoms with Gasteiger partial charge in [-0.25, -0.2) is 9.97 Å². The molecule has 0 aliphatic carbocycles. The number of amides is 1. The number of ether oxygens (including phenoxy) is 1. The van der Waals surface area contributed by atoms with E-state index in [1.807, 2.05) is 19.1 Å². The quantitative estimate of drug-likeness (QED) is 0.903. The van der Waals surface area contributed by atoms with Gasteiger partial charge in [0, 0.05) is 37.1 Å². The van der Waals surface area contributed by atoms with Gasteiger partial charge in [0.15, 0.2) is 0 Å². The Labute approximate surface area is 135 Å². The van der Waals surface area contributed by atoms with Gasteiger partial charge in [-0.2, -0.15) is 0 Å². The van der Waals surface area contributed by atoms with Gasteiger partial charge in [-0.15, -0.1) is 0 Å². The Hall–Kier alpha value is -2.34. The first-order chi connectivity index (χ1) is 11.3. The van der Waals surface area contributed by atoms with E-state index in [4.69, 9.17) is 4.74 Å². The van der Waals surface area contributed by atoms with Crippen LogP contribution >= 0.6 is 0 Å². The molecule has 23 heavy (non-hydrogen) atoms. The fourth-order valence-corrected chi connectivity index (χ4v) is 2.69. The highest BCUT2D eigenvalue weighted by molar-refractivity contribution is 5.93. The Balaban J connectivity index is 1.62. The third-order valence-corrected chi connectivity index (χ3v) is 4.05. The lowest BCUT2D eigenvalue weighted by molar-refractivity contribution is 0.0924. The molecule has 2 unspecified atom stereocenters. The van der Waals surface area contributed by atoms with Crippen LogP contribution in [0.4, 0.5) is 0 Å². The number of pyridine rings is 1. The molecule has 0 bridgehead atoms. The van der Waals surface area contributed by atoms with Gasteiger partial charge in [0.2, 0.25) is 0 Å². The Morgan fingerprint density at radius 1 is 1.26 bits per heavy atom. The average Bonchev–Trinajstić information content (AvgIpc) is 3.02. The van der Waals surface area contributed by atoms with Crippen molar-refractivity contribution < 1.29 is 9.53 Å². The number of carbonyl (C=O) groups is 1. The molecule has 1 amide bonds. The van der Waals surface area contributed by atoms with Gasteiger partial charge in [-0.1, -0.05) is 6.92 Å². The number of aryl methyl sites for hydroxylation is 1. The van der Waals surface area contributed by atoms with E-state index in [-0.39, 0.29) is 17.9 Å². The van der Waals surface area contributed by atoms with Gasteiger partial charge in [-0.3, -0.25) is 9.78 Å². The molecule has 0 saturated carbocycles. The molecule has 0 spiro atoms. The summed E-state index contributed by atoms with van der Waals surface area (Å²) in [4.78, 5) is 24.7. The zero-order chi connectivity index (χ0) is 16.1. The maximum absolute atomic E-state index is 12.3. The fraction of sp³-hybridized carbons (Fsp3) is 0.412. The van der Waals surface area contributed by atoms with Crippen molar-refractivity contribution in [3.8, 4) is 0 Å². The van der Waals surface area contributed by atoms with Crippen molar-refractivity contribution >= 4 is 5.91 Å². The standard InChI is InChI=1S/C17H20N4O2/c1-2-16-19-8-14(9-20-16)17(22)21-15-11-23-10-13(15)7-12-3-5-18-6-4-12/h3-6,8-9,13,15H,2,7,10-11H2,1H3,(H,21,22). The summed E-state index contributed by atoms with van der Waals surface area (Å²) in [7, 11) is 0. The van der Waals surface area contributed by atoms with Crippen LogP contribution in [-0.4, -0.2) is 40.1 Å². The van der Waals surface area contributed by atoms with Gasteiger partial charge < -0.3 is 10.1 Å².